The predicted octanol–water partition coefficient (Wildman–Crippen LogP) is 1.08. The molecule has 8 heavy (non-hydrogen) atoms. The Morgan fingerprint density at radius 1 is 1.62 bits per heavy atom. The molecule has 4 heteroatoms. The highest BCUT2D eigenvalue weighted by atomic mass is 19.3. The van der Waals surface area contributed by atoms with Gasteiger partial charge in [0.2, 0.25) is 0 Å². The van der Waals surface area contributed by atoms with E-state index in [1.54, 1.807) is 0 Å². The van der Waals surface area contributed by atoms with E-state index in [4.69, 9.17) is 5.11 Å². The Labute approximate surface area is 45.4 Å². The molecule has 0 aromatic heterocycles. The maximum Gasteiger partial charge on any atom is 0.532 e. The summed E-state index contributed by atoms with van der Waals surface area (Å²) in [6, 6.07) is 0. The Morgan fingerprint density at radius 3 is 2.25 bits per heavy atom. The van der Waals surface area contributed by atoms with Crippen molar-refractivity contribution in [3.8, 4) is 0 Å². The summed E-state index contributed by atoms with van der Waals surface area (Å²) in [7, 11) is 0. The first-order valence-corrected chi connectivity index (χ1v) is 1.95. The van der Waals surface area contributed by atoms with Crippen molar-refractivity contribution in [2.24, 2.45) is 0 Å². The highest BCUT2D eigenvalue weighted by Crippen LogP contribution is 2.08. The highest BCUT2D eigenvalue weighted by molar-refractivity contribution is 4.65. The number of alkyl halides is 2. The number of hydrogen-bond acceptors (Lipinski definition) is 2. The Morgan fingerprint density at radius 2 is 2.12 bits per heavy atom. The van der Waals surface area contributed by atoms with Crippen LogP contribution in [0.2, 0.25) is 0 Å². The Bertz CT molecular complexity index is 84.5. The van der Waals surface area contributed by atoms with Crippen LogP contribution in [0.25, 0.3) is 0 Å². The molecule has 0 saturated carbocycles. The van der Waals surface area contributed by atoms with Gasteiger partial charge in [-0.1, -0.05) is 6.08 Å². The fraction of sp³-hybridized carbons (Fsp3) is 0.500. The Balaban J connectivity index is 3.39. The minimum atomic E-state index is -4.04. The van der Waals surface area contributed by atoms with E-state index in [0.29, 0.717) is 6.26 Å². The third-order valence-corrected chi connectivity index (χ3v) is 0.346. The van der Waals surface area contributed by atoms with Gasteiger partial charge >= 0.3 is 6.29 Å². The average molecular weight is 124 g/mol. The van der Waals surface area contributed by atoms with Crippen molar-refractivity contribution in [3.05, 3.63) is 12.3 Å². The molecule has 0 unspecified atom stereocenters. The maximum absolute atomic E-state index is 11.2. The molecule has 48 valence electrons. The molecule has 0 rings (SSSR count). The fourth-order valence-corrected chi connectivity index (χ4v) is 0.150. The maximum atomic E-state index is 11.2. The van der Waals surface area contributed by atoms with Crippen LogP contribution in [0.5, 0.6) is 0 Å². The Kier molecular flexibility index (Phi) is 2.41. The number of hydrogen-bond donors (Lipinski definition) is 1. The number of allylic oxidation sites excluding steroid dienone is 1. The molecule has 2 nitrogen and oxygen atoms in total. The second kappa shape index (κ2) is 2.61. The van der Waals surface area contributed by atoms with Crippen LogP contribution in [0.4, 0.5) is 8.78 Å². The van der Waals surface area contributed by atoms with Gasteiger partial charge in [-0.2, -0.15) is 0 Å². The molecule has 1 N–H and O–H groups in total. The minimum Gasteiger partial charge on any atom is -0.418 e. The zero-order valence-electron chi connectivity index (χ0n) is 4.27. The second-order valence-electron chi connectivity index (χ2n) is 1.07. The van der Waals surface area contributed by atoms with Crippen LogP contribution < -0.4 is 0 Å². The summed E-state index contributed by atoms with van der Waals surface area (Å²) in [5, 5.41) is 7.54. The van der Waals surface area contributed by atoms with Gasteiger partial charge in [0, 0.05) is 0 Å². The van der Waals surface area contributed by atoms with Gasteiger partial charge < -0.3 is 9.84 Å². The van der Waals surface area contributed by atoms with E-state index in [2.05, 4.69) is 4.74 Å². The summed E-state index contributed by atoms with van der Waals surface area (Å²) < 4.78 is 25.8. The quantitative estimate of drug-likeness (QED) is 0.441. The summed E-state index contributed by atoms with van der Waals surface area (Å²) in [5.41, 5.74) is 0. The van der Waals surface area contributed by atoms with Crippen LogP contribution >= 0.6 is 0 Å². The van der Waals surface area contributed by atoms with Crippen molar-refractivity contribution in [3.63, 3.8) is 0 Å². The van der Waals surface area contributed by atoms with Gasteiger partial charge in [0.15, 0.2) is 0 Å². The van der Waals surface area contributed by atoms with Crippen molar-refractivity contribution in [1.29, 1.82) is 0 Å². The molecule has 0 heterocycles. The zero-order chi connectivity index (χ0) is 6.62. The van der Waals surface area contributed by atoms with Crippen LogP contribution in [0.3, 0.4) is 0 Å². The summed E-state index contributed by atoms with van der Waals surface area (Å²) in [6.45, 7) is 1.49. The highest BCUT2D eigenvalue weighted by Gasteiger charge is 2.24. The number of ether oxygens (including phenoxy) is 1. The lowest BCUT2D eigenvalue weighted by molar-refractivity contribution is -0.348. The van der Waals surface area contributed by atoms with Crippen molar-refractivity contribution in [2.75, 3.05) is 0 Å². The normalized spacial score (nSPS) is 12.5. The van der Waals surface area contributed by atoms with E-state index in [1.165, 1.54) is 13.0 Å². The topological polar surface area (TPSA) is 29.5 Å². The lowest BCUT2D eigenvalue weighted by Crippen LogP contribution is -2.15. The molecular weight excluding hydrogens is 118 g/mol. The summed E-state index contributed by atoms with van der Waals surface area (Å²) >= 11 is 0. The Hall–Kier alpha value is -0.640. The largest absolute Gasteiger partial charge is 0.532 e. The molecule has 0 aromatic rings. The molecule has 0 saturated heterocycles. The number of aliphatic hydroxyl groups is 1. The molecule has 0 amide bonds. The predicted molar refractivity (Wildman–Crippen MR) is 23.1 cm³/mol. The van der Waals surface area contributed by atoms with Crippen molar-refractivity contribution in [2.45, 2.75) is 13.2 Å². The van der Waals surface area contributed by atoms with Gasteiger partial charge in [-0.25, -0.2) is 0 Å². The smallest absolute Gasteiger partial charge is 0.418 e. The van der Waals surface area contributed by atoms with Crippen LogP contribution in [0.15, 0.2) is 12.3 Å². The SMILES string of the molecule is C/C=C/OC(O)(F)F. The van der Waals surface area contributed by atoms with Gasteiger partial charge in [-0.3, -0.25) is 0 Å². The molecule has 0 aliphatic rings. The number of halogens is 2. The van der Waals surface area contributed by atoms with Gasteiger partial charge in [0.05, 0.1) is 6.26 Å². The van der Waals surface area contributed by atoms with Crippen molar-refractivity contribution < 1.29 is 18.6 Å². The third-order valence-electron chi connectivity index (χ3n) is 0.346. The lowest BCUT2D eigenvalue weighted by Gasteiger charge is -2.04. The molecule has 0 fully saturated rings. The van der Waals surface area contributed by atoms with Crippen molar-refractivity contribution in [1.82, 2.24) is 0 Å². The first kappa shape index (κ1) is 7.36. The van der Waals surface area contributed by atoms with E-state index in [1.807, 2.05) is 0 Å². The molecular formula is C4H6F2O2. The summed E-state index contributed by atoms with van der Waals surface area (Å²) in [5.74, 6) is 0. The van der Waals surface area contributed by atoms with Crippen LogP contribution in [0.1, 0.15) is 6.92 Å². The third kappa shape index (κ3) is 5.36. The van der Waals surface area contributed by atoms with E-state index in [-0.39, 0.29) is 0 Å². The molecule has 0 aliphatic carbocycles. The minimum absolute atomic E-state index is 0.708. The summed E-state index contributed by atoms with van der Waals surface area (Å²) in [6.07, 6.45) is -2.09. The van der Waals surface area contributed by atoms with Gasteiger partial charge in [0.1, 0.15) is 0 Å². The fourth-order valence-electron chi connectivity index (χ4n) is 0.150. The molecule has 0 bridgehead atoms. The van der Waals surface area contributed by atoms with Crippen LogP contribution in [-0.2, 0) is 4.74 Å². The van der Waals surface area contributed by atoms with E-state index < -0.39 is 6.29 Å². The van der Waals surface area contributed by atoms with Gasteiger partial charge in [-0.15, -0.1) is 8.78 Å². The average Bonchev–Trinajstić information content (AvgIpc) is 1.59. The van der Waals surface area contributed by atoms with Gasteiger partial charge in [0.25, 0.3) is 0 Å². The van der Waals surface area contributed by atoms with Crippen LogP contribution in [-0.4, -0.2) is 11.4 Å². The standard InChI is InChI=1S/C4H6F2O2/c1-2-3-8-4(5,6)7/h2-3,7H,1H3/b3-2+. The monoisotopic (exact) mass is 124 g/mol. The second-order valence-corrected chi connectivity index (χ2v) is 1.07. The zero-order valence-corrected chi connectivity index (χ0v) is 4.27. The first-order chi connectivity index (χ1) is 3.56. The molecule has 0 radical (unpaired) electrons. The van der Waals surface area contributed by atoms with E-state index >= 15 is 0 Å². The number of rotatable bonds is 2. The van der Waals surface area contributed by atoms with Crippen LogP contribution in [0, 0.1) is 0 Å². The lowest BCUT2D eigenvalue weighted by atomic mass is 10.7. The van der Waals surface area contributed by atoms with Crippen molar-refractivity contribution >= 4 is 0 Å². The molecule has 0 spiro atoms. The van der Waals surface area contributed by atoms with E-state index in [0.717, 1.165) is 0 Å². The summed E-state index contributed by atoms with van der Waals surface area (Å²) in [4.78, 5) is 0. The molecule has 0 aliphatic heterocycles. The van der Waals surface area contributed by atoms with Gasteiger partial charge in [-0.05, 0) is 6.92 Å². The van der Waals surface area contributed by atoms with E-state index in [9.17, 15) is 8.78 Å². The first-order valence-electron chi connectivity index (χ1n) is 1.95. The molecule has 0 atom stereocenters. The molecule has 0 aromatic carbocycles.